The number of esters is 1. The summed E-state index contributed by atoms with van der Waals surface area (Å²) in [4.78, 5) is 44.2. The van der Waals surface area contributed by atoms with Crippen LogP contribution in [0.3, 0.4) is 0 Å². The van der Waals surface area contributed by atoms with E-state index in [1.54, 1.807) is 24.3 Å². The first kappa shape index (κ1) is 17.5. The first-order valence-electron chi connectivity index (χ1n) is 7.98. The molecule has 9 heteroatoms. The summed E-state index contributed by atoms with van der Waals surface area (Å²) in [5.41, 5.74) is 6.86. The molecule has 3 rings (SSSR count). The van der Waals surface area contributed by atoms with Gasteiger partial charge in [-0.05, 0) is 30.7 Å². The molecular weight excluding hydrogens is 338 g/mol. The van der Waals surface area contributed by atoms with E-state index in [4.69, 9.17) is 5.73 Å². The fourth-order valence-corrected chi connectivity index (χ4v) is 2.92. The van der Waals surface area contributed by atoms with Gasteiger partial charge in [-0.3, -0.25) is 14.6 Å². The lowest BCUT2D eigenvalue weighted by molar-refractivity contribution is -0.119. The Morgan fingerprint density at radius 1 is 1.35 bits per heavy atom. The molecule has 136 valence electrons. The third kappa shape index (κ3) is 3.37. The van der Waals surface area contributed by atoms with Gasteiger partial charge in [0, 0.05) is 19.3 Å². The van der Waals surface area contributed by atoms with Crippen LogP contribution >= 0.6 is 0 Å². The average Bonchev–Trinajstić information content (AvgIpc) is 2.62. The number of carbonyl (C=O) groups excluding carboxylic acids is 2. The molecule has 1 aliphatic rings. The molecule has 0 radical (unpaired) electrons. The first-order valence-corrected chi connectivity index (χ1v) is 7.98. The number of carbonyl (C=O) groups is 2. The van der Waals surface area contributed by atoms with Crippen molar-refractivity contribution >= 4 is 29.3 Å². The van der Waals surface area contributed by atoms with Crippen LogP contribution in [0.1, 0.15) is 15.9 Å². The number of fused-ring (bicyclic) bond motifs is 1. The van der Waals surface area contributed by atoms with Gasteiger partial charge in [-0.15, -0.1) is 0 Å². The summed E-state index contributed by atoms with van der Waals surface area (Å²) >= 11 is 0. The monoisotopic (exact) mass is 357 g/mol. The zero-order chi connectivity index (χ0) is 18.8. The number of hydrogen-bond donors (Lipinski definition) is 3. The highest BCUT2D eigenvalue weighted by Gasteiger charge is 2.30. The van der Waals surface area contributed by atoms with Crippen molar-refractivity contribution in [1.82, 2.24) is 9.97 Å². The van der Waals surface area contributed by atoms with Crippen LogP contribution in [0.2, 0.25) is 0 Å². The Hall–Kier alpha value is -3.36. The van der Waals surface area contributed by atoms with Gasteiger partial charge in [0.25, 0.3) is 5.56 Å². The first-order chi connectivity index (χ1) is 12.4. The van der Waals surface area contributed by atoms with E-state index in [0.717, 1.165) is 5.69 Å². The van der Waals surface area contributed by atoms with Gasteiger partial charge in [-0.2, -0.15) is 4.98 Å². The maximum absolute atomic E-state index is 12.3. The maximum atomic E-state index is 12.3. The van der Waals surface area contributed by atoms with Crippen molar-refractivity contribution in [3.8, 4) is 0 Å². The molecular formula is C17H19N5O4. The number of aromatic amines is 1. The van der Waals surface area contributed by atoms with Crippen molar-refractivity contribution < 1.29 is 14.3 Å². The molecule has 1 unspecified atom stereocenters. The maximum Gasteiger partial charge on any atom is 0.337 e. The van der Waals surface area contributed by atoms with Crippen LogP contribution in [0.5, 0.6) is 0 Å². The zero-order valence-electron chi connectivity index (χ0n) is 14.4. The van der Waals surface area contributed by atoms with Gasteiger partial charge in [0.1, 0.15) is 5.82 Å². The number of rotatable bonds is 4. The summed E-state index contributed by atoms with van der Waals surface area (Å²) in [7, 11) is 3.16. The number of amides is 1. The lowest BCUT2D eigenvalue weighted by Crippen LogP contribution is -2.40. The quantitative estimate of drug-likeness (QED) is 0.675. The van der Waals surface area contributed by atoms with Crippen LogP contribution < -0.4 is 21.5 Å². The number of aromatic nitrogens is 2. The van der Waals surface area contributed by atoms with Crippen molar-refractivity contribution in [3.63, 3.8) is 0 Å². The third-order valence-electron chi connectivity index (χ3n) is 4.32. The fraction of sp³-hybridized carbons (Fsp3) is 0.294. The molecule has 0 fully saturated rings. The van der Waals surface area contributed by atoms with Crippen LogP contribution in [0.15, 0.2) is 29.1 Å². The van der Waals surface area contributed by atoms with Crippen molar-refractivity contribution in [3.05, 3.63) is 45.7 Å². The van der Waals surface area contributed by atoms with Crippen LogP contribution in [0, 0.1) is 5.92 Å². The Morgan fingerprint density at radius 3 is 2.69 bits per heavy atom. The molecule has 2 heterocycles. The Balaban J connectivity index is 1.75. The minimum atomic E-state index is -0.417. The highest BCUT2D eigenvalue weighted by atomic mass is 16.5. The number of benzene rings is 1. The highest BCUT2D eigenvalue weighted by Crippen LogP contribution is 2.23. The number of anilines is 3. The molecule has 2 aromatic rings. The van der Waals surface area contributed by atoms with Crippen molar-refractivity contribution in [1.29, 1.82) is 0 Å². The van der Waals surface area contributed by atoms with Gasteiger partial charge in [0.2, 0.25) is 11.9 Å². The topological polar surface area (TPSA) is 130 Å². The van der Waals surface area contributed by atoms with E-state index < -0.39 is 11.9 Å². The number of nitrogens with one attached hydrogen (secondary N) is 2. The molecule has 0 bridgehead atoms. The zero-order valence-corrected chi connectivity index (χ0v) is 14.4. The average molecular weight is 357 g/mol. The molecule has 1 aliphatic heterocycles. The molecule has 26 heavy (non-hydrogen) atoms. The largest absolute Gasteiger partial charge is 0.465 e. The van der Waals surface area contributed by atoms with Crippen LogP contribution in [-0.4, -0.2) is 42.5 Å². The van der Waals surface area contributed by atoms with E-state index in [2.05, 4.69) is 20.0 Å². The number of hydrogen-bond acceptors (Lipinski definition) is 7. The molecule has 1 amide bonds. The SMILES string of the molecule is COC(=O)c1ccc(N(C)CC2Cc3c(nc(N)[nH]c3=O)NC2=O)cc1. The standard InChI is InChI=1S/C17H19N5O4/c1-22(11-5-3-9(4-6-11)16(25)26-2)8-10-7-12-13(19-14(10)23)20-17(18)21-15(12)24/h3-6,10H,7-8H2,1-2H3,(H4,18,19,20,21,23,24). The predicted molar refractivity (Wildman–Crippen MR) is 96.1 cm³/mol. The summed E-state index contributed by atoms with van der Waals surface area (Å²) in [5.74, 6) is -0.853. The molecule has 4 N–H and O–H groups in total. The lowest BCUT2D eigenvalue weighted by Gasteiger charge is -2.28. The van der Waals surface area contributed by atoms with E-state index in [9.17, 15) is 14.4 Å². The Labute approximate surface area is 149 Å². The number of H-pyrrole nitrogens is 1. The van der Waals surface area contributed by atoms with Crippen molar-refractivity contribution in [2.75, 3.05) is 36.7 Å². The van der Waals surface area contributed by atoms with E-state index in [1.807, 2.05) is 11.9 Å². The van der Waals surface area contributed by atoms with Gasteiger partial charge < -0.3 is 20.7 Å². The molecule has 0 saturated heterocycles. The normalized spacial score (nSPS) is 15.8. The molecule has 1 aromatic carbocycles. The van der Waals surface area contributed by atoms with E-state index in [-0.39, 0.29) is 29.7 Å². The number of nitrogen functional groups attached to an aromatic ring is 1. The van der Waals surface area contributed by atoms with Gasteiger partial charge in [-0.1, -0.05) is 0 Å². The minimum absolute atomic E-state index is 0.0321. The van der Waals surface area contributed by atoms with Crippen LogP contribution in [-0.2, 0) is 16.0 Å². The van der Waals surface area contributed by atoms with Gasteiger partial charge in [-0.25, -0.2) is 4.79 Å². The summed E-state index contributed by atoms with van der Waals surface area (Å²) in [6, 6.07) is 6.86. The van der Waals surface area contributed by atoms with Gasteiger partial charge >= 0.3 is 5.97 Å². The van der Waals surface area contributed by atoms with Gasteiger partial charge in [0.05, 0.1) is 24.2 Å². The molecule has 0 saturated carbocycles. The second-order valence-electron chi connectivity index (χ2n) is 6.09. The molecule has 1 atom stereocenters. The fourth-order valence-electron chi connectivity index (χ4n) is 2.92. The van der Waals surface area contributed by atoms with E-state index in [1.165, 1.54) is 7.11 Å². The number of methoxy groups -OCH3 is 1. The molecule has 0 aliphatic carbocycles. The van der Waals surface area contributed by atoms with Gasteiger partial charge in [0.15, 0.2) is 0 Å². The lowest BCUT2D eigenvalue weighted by atomic mass is 9.95. The Bertz CT molecular complexity index is 906. The second kappa shape index (κ2) is 6.87. The van der Waals surface area contributed by atoms with E-state index in [0.29, 0.717) is 17.7 Å². The smallest absolute Gasteiger partial charge is 0.337 e. The summed E-state index contributed by atoms with van der Waals surface area (Å²) in [6.07, 6.45) is 0.272. The molecule has 9 nitrogen and oxygen atoms in total. The number of ether oxygens (including phenoxy) is 1. The van der Waals surface area contributed by atoms with Crippen LogP contribution in [0.25, 0.3) is 0 Å². The summed E-state index contributed by atoms with van der Waals surface area (Å²) in [6.45, 7) is 0.395. The van der Waals surface area contributed by atoms with E-state index >= 15 is 0 Å². The van der Waals surface area contributed by atoms with Crippen molar-refractivity contribution in [2.24, 2.45) is 5.92 Å². The van der Waals surface area contributed by atoms with Crippen molar-refractivity contribution in [2.45, 2.75) is 6.42 Å². The summed E-state index contributed by atoms with van der Waals surface area (Å²) < 4.78 is 4.67. The Morgan fingerprint density at radius 2 is 2.04 bits per heavy atom. The second-order valence-corrected chi connectivity index (χ2v) is 6.09. The minimum Gasteiger partial charge on any atom is -0.465 e. The Kier molecular flexibility index (Phi) is 4.61. The third-order valence-corrected chi connectivity index (χ3v) is 4.32. The molecule has 1 aromatic heterocycles. The number of nitrogens with zero attached hydrogens (tertiary/aromatic N) is 2. The molecule has 0 spiro atoms. The highest BCUT2D eigenvalue weighted by molar-refractivity contribution is 5.95. The van der Waals surface area contributed by atoms with Crippen LogP contribution in [0.4, 0.5) is 17.5 Å². The predicted octanol–water partition coefficient (Wildman–Crippen LogP) is 0.386. The number of nitrogens with two attached hydrogens (primary N) is 1. The summed E-state index contributed by atoms with van der Waals surface area (Å²) in [5, 5.41) is 2.64.